The van der Waals surface area contributed by atoms with Crippen molar-refractivity contribution >= 4 is 121 Å². The highest BCUT2D eigenvalue weighted by atomic mass is 16.3. The summed E-state index contributed by atoms with van der Waals surface area (Å²) in [5.74, 6) is 0. The lowest BCUT2D eigenvalue weighted by Gasteiger charge is -2.27. The van der Waals surface area contributed by atoms with Gasteiger partial charge in [0.05, 0.1) is 22.7 Å². The van der Waals surface area contributed by atoms with E-state index in [-0.39, 0.29) is 0 Å². The summed E-state index contributed by atoms with van der Waals surface area (Å²) in [6.45, 7) is 0. The Balaban J connectivity index is 1.01. The Hall–Kier alpha value is -9.84. The van der Waals surface area contributed by atoms with Crippen molar-refractivity contribution in [3.8, 4) is 22.3 Å². The summed E-state index contributed by atoms with van der Waals surface area (Å²) >= 11 is 0. The number of fused-ring (bicyclic) bond motifs is 13. The fourth-order valence-corrected chi connectivity index (χ4v) is 11.4. The molecule has 0 aliphatic heterocycles. The highest BCUT2D eigenvalue weighted by Crippen LogP contribution is 2.52. The van der Waals surface area contributed by atoms with E-state index in [1.807, 2.05) is 0 Å². The lowest BCUT2D eigenvalue weighted by Crippen LogP contribution is -2.11. The van der Waals surface area contributed by atoms with Gasteiger partial charge in [0.25, 0.3) is 0 Å². The Morgan fingerprint density at radius 3 is 0.918 bits per heavy atom. The fraction of sp³-hybridized carbons (Fsp3) is 0. The molecule has 342 valence electrons. The number of benzene rings is 12. The quantitative estimate of drug-likeness (QED) is 0.152. The molecule has 0 saturated carbocycles. The van der Waals surface area contributed by atoms with Crippen molar-refractivity contribution < 1.29 is 13.3 Å². The molecule has 0 amide bonds. The molecule has 0 saturated heterocycles. The van der Waals surface area contributed by atoms with E-state index in [0.717, 1.165) is 144 Å². The molecule has 15 aromatic rings. The van der Waals surface area contributed by atoms with Gasteiger partial charge in [-0.05, 0) is 59.7 Å². The first-order valence-corrected chi connectivity index (χ1v) is 24.7. The van der Waals surface area contributed by atoms with Crippen molar-refractivity contribution in [3.05, 3.63) is 255 Å². The van der Waals surface area contributed by atoms with Crippen LogP contribution in [0.2, 0.25) is 0 Å². The summed E-state index contributed by atoms with van der Waals surface area (Å²) in [5.41, 5.74) is 15.3. The number of furan rings is 3. The van der Waals surface area contributed by atoms with Gasteiger partial charge in [-0.25, -0.2) is 0 Å². The van der Waals surface area contributed by atoms with Crippen molar-refractivity contribution in [2.24, 2.45) is 0 Å². The number of hydrogen-bond acceptors (Lipinski definition) is 5. The molecule has 12 aromatic carbocycles. The van der Waals surface area contributed by atoms with E-state index < -0.39 is 0 Å². The molecular weight excluding hydrogens is 893 g/mol. The second kappa shape index (κ2) is 16.4. The Labute approximate surface area is 419 Å². The molecule has 0 N–H and O–H groups in total. The zero-order valence-corrected chi connectivity index (χ0v) is 39.4. The van der Waals surface area contributed by atoms with Crippen LogP contribution >= 0.6 is 0 Å². The van der Waals surface area contributed by atoms with Crippen molar-refractivity contribution in [3.63, 3.8) is 0 Å². The predicted octanol–water partition coefficient (Wildman–Crippen LogP) is 20.0. The maximum atomic E-state index is 7.23. The van der Waals surface area contributed by atoms with Crippen LogP contribution in [-0.4, -0.2) is 0 Å². The predicted molar refractivity (Wildman–Crippen MR) is 304 cm³/mol. The minimum Gasteiger partial charge on any atom is -0.455 e. The van der Waals surface area contributed by atoms with Gasteiger partial charge in [0.15, 0.2) is 11.2 Å². The molecule has 5 nitrogen and oxygen atoms in total. The SMILES string of the molecule is c1ccc(-c2cccc3c2oc2c(N(c4ccccc4)c4cc5c6cc(N(c7ccccc7)c7cccc8c7oc7c(-c9ccccc9)cccc78)c7ccccc7c6oc5c5ccccc45)cccc23)cc1. The Morgan fingerprint density at radius 2 is 0.507 bits per heavy atom. The van der Waals surface area contributed by atoms with Gasteiger partial charge in [-0.2, -0.15) is 0 Å². The van der Waals surface area contributed by atoms with Crippen LogP contribution in [0.3, 0.4) is 0 Å². The van der Waals surface area contributed by atoms with Crippen LogP contribution in [0.1, 0.15) is 0 Å². The fourth-order valence-electron chi connectivity index (χ4n) is 11.4. The van der Waals surface area contributed by atoms with Crippen LogP contribution in [0.15, 0.2) is 268 Å². The van der Waals surface area contributed by atoms with Crippen LogP contribution in [0.5, 0.6) is 0 Å². The molecule has 3 aromatic heterocycles. The molecule has 0 atom stereocenters. The molecule has 0 fully saturated rings. The Kier molecular flexibility index (Phi) is 9.19. The minimum atomic E-state index is 0.813. The first-order chi connectivity index (χ1) is 36.2. The van der Waals surface area contributed by atoms with Gasteiger partial charge in [0, 0.05) is 76.4 Å². The molecule has 15 rings (SSSR count). The third kappa shape index (κ3) is 6.35. The number of anilines is 6. The number of rotatable bonds is 8. The van der Waals surface area contributed by atoms with Gasteiger partial charge in [-0.1, -0.05) is 206 Å². The Bertz CT molecular complexity index is 4320. The topological polar surface area (TPSA) is 45.9 Å². The number of hydrogen-bond donors (Lipinski definition) is 0. The number of para-hydroxylation sites is 6. The monoisotopic (exact) mass is 934 g/mol. The van der Waals surface area contributed by atoms with Crippen molar-refractivity contribution in [1.29, 1.82) is 0 Å². The maximum absolute atomic E-state index is 7.23. The van der Waals surface area contributed by atoms with E-state index in [2.05, 4.69) is 265 Å². The van der Waals surface area contributed by atoms with E-state index >= 15 is 0 Å². The van der Waals surface area contributed by atoms with Gasteiger partial charge < -0.3 is 23.1 Å². The second-order valence-electron chi connectivity index (χ2n) is 18.7. The molecule has 0 unspecified atom stereocenters. The molecule has 3 heterocycles. The van der Waals surface area contributed by atoms with Gasteiger partial charge in [-0.3, -0.25) is 0 Å². The molecule has 73 heavy (non-hydrogen) atoms. The third-order valence-corrected chi connectivity index (χ3v) is 14.6. The lowest BCUT2D eigenvalue weighted by atomic mass is 9.99. The van der Waals surface area contributed by atoms with Gasteiger partial charge in [-0.15, -0.1) is 0 Å². The highest BCUT2D eigenvalue weighted by molar-refractivity contribution is 6.26. The van der Waals surface area contributed by atoms with Gasteiger partial charge >= 0.3 is 0 Å². The van der Waals surface area contributed by atoms with E-state index in [0.29, 0.717) is 0 Å². The Morgan fingerprint density at radius 1 is 0.205 bits per heavy atom. The van der Waals surface area contributed by atoms with Crippen LogP contribution in [0, 0.1) is 0 Å². The minimum absolute atomic E-state index is 0.813. The molecule has 0 spiro atoms. The first-order valence-electron chi connectivity index (χ1n) is 24.7. The van der Waals surface area contributed by atoms with E-state index in [4.69, 9.17) is 13.3 Å². The zero-order valence-electron chi connectivity index (χ0n) is 39.4. The first kappa shape index (κ1) is 41.0. The lowest BCUT2D eigenvalue weighted by molar-refractivity contribution is 0.670. The average molecular weight is 935 g/mol. The van der Waals surface area contributed by atoms with Crippen molar-refractivity contribution in [2.45, 2.75) is 0 Å². The number of nitrogens with zero attached hydrogens (tertiary/aromatic N) is 2. The molecule has 0 bridgehead atoms. The molecule has 0 aliphatic rings. The van der Waals surface area contributed by atoms with Crippen LogP contribution in [0.25, 0.3) is 110 Å². The normalized spacial score (nSPS) is 11.8. The zero-order chi connectivity index (χ0) is 48.0. The summed E-state index contributed by atoms with van der Waals surface area (Å²) in [4.78, 5) is 4.72. The largest absolute Gasteiger partial charge is 0.455 e. The van der Waals surface area contributed by atoms with Gasteiger partial charge in [0.2, 0.25) is 0 Å². The molecular formula is C68H42N2O3. The van der Waals surface area contributed by atoms with Crippen LogP contribution in [0.4, 0.5) is 34.1 Å². The average Bonchev–Trinajstić information content (AvgIpc) is 4.18. The molecule has 0 aliphatic carbocycles. The summed E-state index contributed by atoms with van der Waals surface area (Å²) in [6, 6.07) is 90.0. The van der Waals surface area contributed by atoms with Crippen LogP contribution < -0.4 is 9.80 Å². The highest BCUT2D eigenvalue weighted by Gasteiger charge is 2.28. The molecule has 0 radical (unpaired) electrons. The summed E-state index contributed by atoms with van der Waals surface area (Å²) in [5, 5.41) is 10.4. The summed E-state index contributed by atoms with van der Waals surface area (Å²) in [7, 11) is 0. The van der Waals surface area contributed by atoms with E-state index in [1.165, 1.54) is 0 Å². The molecule has 5 heteroatoms. The maximum Gasteiger partial charge on any atom is 0.159 e. The summed E-state index contributed by atoms with van der Waals surface area (Å²) in [6.07, 6.45) is 0. The van der Waals surface area contributed by atoms with Crippen molar-refractivity contribution in [1.82, 2.24) is 0 Å². The summed E-state index contributed by atoms with van der Waals surface area (Å²) < 4.78 is 21.5. The standard InChI is InChI=1S/C68H42N2O3/c1-5-21-43(22-6-1)47-33-17-35-53-55-37-19-39-59(67(55)72-63(47)53)69(45-25-9-3-10-26-45)61-41-57-58-42-62(50-30-14-16-32-52(50)66(58)71-65(57)51-31-15-13-29-49(51)61)70(46-27-11-4-12-28-46)60-40-20-38-56-54-36-18-34-48(64(54)73-68(56)60)44-23-7-2-8-24-44/h1-42H. The van der Waals surface area contributed by atoms with E-state index in [9.17, 15) is 0 Å². The van der Waals surface area contributed by atoms with Crippen molar-refractivity contribution in [2.75, 3.05) is 9.80 Å². The van der Waals surface area contributed by atoms with Gasteiger partial charge in [0.1, 0.15) is 22.3 Å². The smallest absolute Gasteiger partial charge is 0.159 e. The van der Waals surface area contributed by atoms with E-state index in [1.54, 1.807) is 0 Å². The van der Waals surface area contributed by atoms with Crippen LogP contribution in [-0.2, 0) is 0 Å². The second-order valence-corrected chi connectivity index (χ2v) is 18.7. The third-order valence-electron chi connectivity index (χ3n) is 14.6.